The van der Waals surface area contributed by atoms with Crippen LogP contribution in [0.25, 0.3) is 0 Å². The molecule has 1 N–H and O–H groups in total. The number of rotatable bonds is 3. The third kappa shape index (κ3) is 2.25. The van der Waals surface area contributed by atoms with Gasteiger partial charge >= 0.3 is 0 Å². The normalized spacial score (nSPS) is 10.8. The number of hydrogen-bond acceptors (Lipinski definition) is 3. The molecule has 1 amide bonds. The van der Waals surface area contributed by atoms with Gasteiger partial charge in [-0.2, -0.15) is 10.2 Å². The molecule has 0 aromatic carbocycles. The zero-order valence-electron chi connectivity index (χ0n) is 12.0. The Kier molecular flexibility index (Phi) is 3.42. The molecule has 0 aliphatic carbocycles. The first-order valence-electron chi connectivity index (χ1n) is 6.29. The van der Waals surface area contributed by atoms with Crippen molar-refractivity contribution in [3.63, 3.8) is 0 Å². The number of nitrogens with one attached hydrogen (secondary N) is 1. The Balaban J connectivity index is 2.30. The van der Waals surface area contributed by atoms with Crippen LogP contribution >= 0.6 is 0 Å². The first-order chi connectivity index (χ1) is 8.95. The van der Waals surface area contributed by atoms with Crippen LogP contribution < -0.4 is 5.32 Å². The van der Waals surface area contributed by atoms with E-state index in [1.165, 1.54) is 0 Å². The zero-order valence-corrected chi connectivity index (χ0v) is 12.0. The lowest BCUT2D eigenvalue weighted by Gasteiger charge is -2.05. The standard InChI is InChI=1S/C13H19N5O/c1-6-18-10(4)12(8(2)16-18)13(19)15-11-7-14-17(5)9(11)3/h7H,6H2,1-5H3,(H,15,19). The second-order valence-electron chi connectivity index (χ2n) is 4.58. The summed E-state index contributed by atoms with van der Waals surface area (Å²) in [5.74, 6) is -0.134. The predicted molar refractivity (Wildman–Crippen MR) is 73.3 cm³/mol. The Hall–Kier alpha value is -2.11. The Morgan fingerprint density at radius 2 is 2.00 bits per heavy atom. The fraction of sp³-hybridized carbons (Fsp3) is 0.462. The van der Waals surface area contributed by atoms with Gasteiger partial charge in [-0.1, -0.05) is 0 Å². The van der Waals surface area contributed by atoms with E-state index in [0.29, 0.717) is 5.56 Å². The van der Waals surface area contributed by atoms with Gasteiger partial charge in [-0.15, -0.1) is 0 Å². The number of nitrogens with zero attached hydrogens (tertiary/aromatic N) is 4. The highest BCUT2D eigenvalue weighted by Gasteiger charge is 2.19. The van der Waals surface area contributed by atoms with Crippen LogP contribution in [0.15, 0.2) is 6.20 Å². The minimum atomic E-state index is -0.134. The molecule has 19 heavy (non-hydrogen) atoms. The monoisotopic (exact) mass is 261 g/mol. The van der Waals surface area contributed by atoms with Crippen molar-refractivity contribution in [1.82, 2.24) is 19.6 Å². The summed E-state index contributed by atoms with van der Waals surface area (Å²) in [7, 11) is 1.84. The van der Waals surface area contributed by atoms with Crippen molar-refractivity contribution in [2.75, 3.05) is 5.32 Å². The average molecular weight is 261 g/mol. The van der Waals surface area contributed by atoms with Gasteiger partial charge in [-0.25, -0.2) is 0 Å². The summed E-state index contributed by atoms with van der Waals surface area (Å²) in [5.41, 5.74) is 3.93. The number of hydrogen-bond donors (Lipinski definition) is 1. The van der Waals surface area contributed by atoms with Gasteiger partial charge in [0.2, 0.25) is 0 Å². The van der Waals surface area contributed by atoms with Crippen LogP contribution in [-0.4, -0.2) is 25.5 Å². The molecule has 0 saturated heterocycles. The molecule has 6 nitrogen and oxygen atoms in total. The molecule has 2 aromatic heterocycles. The molecule has 102 valence electrons. The molecule has 0 bridgehead atoms. The second-order valence-corrected chi connectivity index (χ2v) is 4.58. The molecule has 0 atom stereocenters. The van der Waals surface area contributed by atoms with E-state index in [9.17, 15) is 4.79 Å². The molecule has 0 saturated carbocycles. The Labute approximate surface area is 112 Å². The number of anilines is 1. The van der Waals surface area contributed by atoms with Gasteiger partial charge in [-0.05, 0) is 27.7 Å². The van der Waals surface area contributed by atoms with Crippen LogP contribution in [0.5, 0.6) is 0 Å². The molecule has 0 aliphatic rings. The Morgan fingerprint density at radius 3 is 2.47 bits per heavy atom. The fourth-order valence-corrected chi connectivity index (χ4v) is 2.14. The van der Waals surface area contributed by atoms with E-state index in [1.54, 1.807) is 10.9 Å². The van der Waals surface area contributed by atoms with E-state index in [1.807, 2.05) is 39.4 Å². The maximum atomic E-state index is 12.3. The summed E-state index contributed by atoms with van der Waals surface area (Å²) in [5, 5.41) is 11.4. The summed E-state index contributed by atoms with van der Waals surface area (Å²) >= 11 is 0. The van der Waals surface area contributed by atoms with Gasteiger partial charge in [0.15, 0.2) is 0 Å². The van der Waals surface area contributed by atoms with E-state index in [0.717, 1.165) is 29.3 Å². The maximum Gasteiger partial charge on any atom is 0.259 e. The topological polar surface area (TPSA) is 64.7 Å². The molecule has 0 fully saturated rings. The van der Waals surface area contributed by atoms with Crippen molar-refractivity contribution in [1.29, 1.82) is 0 Å². The first-order valence-corrected chi connectivity index (χ1v) is 6.29. The zero-order chi connectivity index (χ0) is 14.2. The summed E-state index contributed by atoms with van der Waals surface area (Å²) in [6, 6.07) is 0. The largest absolute Gasteiger partial charge is 0.319 e. The minimum Gasteiger partial charge on any atom is -0.319 e. The Bertz CT molecular complexity index is 623. The van der Waals surface area contributed by atoms with E-state index >= 15 is 0 Å². The average Bonchev–Trinajstić information content (AvgIpc) is 2.83. The summed E-state index contributed by atoms with van der Waals surface area (Å²) in [6.45, 7) is 8.44. The van der Waals surface area contributed by atoms with Crippen LogP contribution in [0, 0.1) is 20.8 Å². The molecule has 0 radical (unpaired) electrons. The van der Waals surface area contributed by atoms with Crippen molar-refractivity contribution in [3.05, 3.63) is 28.8 Å². The van der Waals surface area contributed by atoms with Crippen LogP contribution in [0.3, 0.4) is 0 Å². The second kappa shape index (κ2) is 4.87. The van der Waals surface area contributed by atoms with Gasteiger partial charge in [0.25, 0.3) is 5.91 Å². The lowest BCUT2D eigenvalue weighted by atomic mass is 10.2. The summed E-state index contributed by atoms with van der Waals surface area (Å²) in [6.07, 6.45) is 1.65. The number of aromatic nitrogens is 4. The SMILES string of the molecule is CCn1nc(C)c(C(=O)Nc2cnn(C)c2C)c1C. The van der Waals surface area contributed by atoms with Gasteiger partial charge in [0.05, 0.1) is 28.8 Å². The van der Waals surface area contributed by atoms with E-state index < -0.39 is 0 Å². The van der Waals surface area contributed by atoms with Crippen LogP contribution in [0.2, 0.25) is 0 Å². The highest BCUT2D eigenvalue weighted by atomic mass is 16.1. The van der Waals surface area contributed by atoms with Crippen molar-refractivity contribution < 1.29 is 4.79 Å². The Morgan fingerprint density at radius 1 is 1.32 bits per heavy atom. The third-order valence-corrected chi connectivity index (χ3v) is 3.39. The predicted octanol–water partition coefficient (Wildman–Crippen LogP) is 1.81. The van der Waals surface area contributed by atoms with Crippen LogP contribution in [0.1, 0.15) is 34.4 Å². The highest BCUT2D eigenvalue weighted by molar-refractivity contribution is 6.06. The third-order valence-electron chi connectivity index (χ3n) is 3.39. The number of carbonyl (C=O) groups excluding carboxylic acids is 1. The molecule has 0 spiro atoms. The first kappa shape index (κ1) is 13.3. The molecule has 2 aromatic rings. The minimum absolute atomic E-state index is 0.134. The number of amides is 1. The summed E-state index contributed by atoms with van der Waals surface area (Å²) < 4.78 is 3.56. The lowest BCUT2D eigenvalue weighted by molar-refractivity contribution is 0.102. The number of carbonyl (C=O) groups is 1. The van der Waals surface area contributed by atoms with Crippen molar-refractivity contribution in [2.45, 2.75) is 34.2 Å². The summed E-state index contributed by atoms with van der Waals surface area (Å²) in [4.78, 5) is 12.3. The van der Waals surface area contributed by atoms with Gasteiger partial charge in [-0.3, -0.25) is 14.2 Å². The van der Waals surface area contributed by atoms with Crippen LogP contribution in [-0.2, 0) is 13.6 Å². The maximum absolute atomic E-state index is 12.3. The number of aryl methyl sites for hydroxylation is 3. The fourth-order valence-electron chi connectivity index (χ4n) is 2.14. The van der Waals surface area contributed by atoms with Gasteiger partial charge in [0.1, 0.15) is 0 Å². The quantitative estimate of drug-likeness (QED) is 0.916. The molecular formula is C13H19N5O. The molecule has 2 rings (SSSR count). The van der Waals surface area contributed by atoms with Crippen LogP contribution in [0.4, 0.5) is 5.69 Å². The van der Waals surface area contributed by atoms with Crippen molar-refractivity contribution in [2.24, 2.45) is 7.05 Å². The molecule has 2 heterocycles. The molecular weight excluding hydrogens is 242 g/mol. The van der Waals surface area contributed by atoms with Gasteiger partial charge in [0, 0.05) is 19.3 Å². The van der Waals surface area contributed by atoms with Gasteiger partial charge < -0.3 is 5.32 Å². The van der Waals surface area contributed by atoms with E-state index in [-0.39, 0.29) is 5.91 Å². The smallest absolute Gasteiger partial charge is 0.259 e. The molecule has 6 heteroatoms. The highest BCUT2D eigenvalue weighted by Crippen LogP contribution is 2.17. The van der Waals surface area contributed by atoms with E-state index in [2.05, 4.69) is 15.5 Å². The molecule has 0 aliphatic heterocycles. The van der Waals surface area contributed by atoms with Crippen molar-refractivity contribution in [3.8, 4) is 0 Å². The van der Waals surface area contributed by atoms with E-state index in [4.69, 9.17) is 0 Å². The molecule has 0 unspecified atom stereocenters. The lowest BCUT2D eigenvalue weighted by Crippen LogP contribution is -2.14. The van der Waals surface area contributed by atoms with Crippen molar-refractivity contribution >= 4 is 11.6 Å².